The van der Waals surface area contributed by atoms with Crippen molar-refractivity contribution in [3.8, 4) is 33.4 Å². The maximum atomic E-state index is 2.55. The number of hydrogen-bond donors (Lipinski definition) is 0. The number of nitrogens with zero attached hydrogens (tertiary/aromatic N) is 1. The lowest BCUT2D eigenvalue weighted by atomic mass is 9.97. The third kappa shape index (κ3) is 4.73. The van der Waals surface area contributed by atoms with Crippen molar-refractivity contribution in [3.63, 3.8) is 0 Å². The summed E-state index contributed by atoms with van der Waals surface area (Å²) in [5.74, 6) is 0. The number of benzene rings is 8. The van der Waals surface area contributed by atoms with E-state index in [1.807, 2.05) is 11.3 Å². The fourth-order valence-electron chi connectivity index (χ4n) is 8.49. The molecule has 51 heavy (non-hydrogen) atoms. The van der Waals surface area contributed by atoms with E-state index in [-0.39, 0.29) is 0 Å². The molecule has 242 valence electrons. The molecule has 0 fully saturated rings. The zero-order valence-corrected chi connectivity index (χ0v) is 30.4. The summed E-state index contributed by atoms with van der Waals surface area (Å²) >= 11 is 1.91. The highest BCUT2D eigenvalue weighted by atomic mass is 32.1. The topological polar surface area (TPSA) is 3.24 Å². The van der Waals surface area contributed by atoms with E-state index in [0.29, 0.717) is 0 Å². The maximum absolute atomic E-state index is 2.55. The molecule has 0 radical (unpaired) electrons. The van der Waals surface area contributed by atoms with E-state index < -0.39 is 8.07 Å². The second kappa shape index (κ2) is 11.7. The van der Waals surface area contributed by atoms with Gasteiger partial charge in [-0.1, -0.05) is 147 Å². The number of fused-ring (bicyclic) bond motifs is 8. The second-order valence-corrected chi connectivity index (χ2v) is 19.5. The van der Waals surface area contributed by atoms with Crippen LogP contribution in [0.15, 0.2) is 176 Å². The van der Waals surface area contributed by atoms with Crippen molar-refractivity contribution in [2.45, 2.75) is 13.1 Å². The molecule has 0 atom stereocenters. The van der Waals surface area contributed by atoms with Gasteiger partial charge in [0.1, 0.15) is 8.07 Å². The summed E-state index contributed by atoms with van der Waals surface area (Å²) in [7, 11) is -2.14. The molecular weight excluding hydrogens is 651 g/mol. The van der Waals surface area contributed by atoms with Gasteiger partial charge in [-0.3, -0.25) is 0 Å². The van der Waals surface area contributed by atoms with Gasteiger partial charge in [-0.05, 0) is 97.0 Å². The van der Waals surface area contributed by atoms with Crippen molar-refractivity contribution in [3.05, 3.63) is 176 Å². The molecule has 1 aromatic heterocycles. The van der Waals surface area contributed by atoms with E-state index >= 15 is 0 Å². The van der Waals surface area contributed by atoms with Crippen LogP contribution in [-0.4, -0.2) is 8.07 Å². The Morgan fingerprint density at radius 1 is 0.471 bits per heavy atom. The Morgan fingerprint density at radius 2 is 1.16 bits per heavy atom. The van der Waals surface area contributed by atoms with E-state index in [0.717, 1.165) is 11.4 Å². The lowest BCUT2D eigenvalue weighted by molar-refractivity contribution is 1.29. The van der Waals surface area contributed by atoms with Crippen molar-refractivity contribution in [2.75, 3.05) is 4.90 Å². The van der Waals surface area contributed by atoms with E-state index in [2.05, 4.69) is 194 Å². The molecule has 10 rings (SSSR count). The van der Waals surface area contributed by atoms with Crippen molar-refractivity contribution >= 4 is 77.8 Å². The number of hydrogen-bond acceptors (Lipinski definition) is 2. The Morgan fingerprint density at radius 3 is 2.02 bits per heavy atom. The molecule has 3 heteroatoms. The van der Waals surface area contributed by atoms with Crippen molar-refractivity contribution in [2.24, 2.45) is 0 Å². The van der Waals surface area contributed by atoms with Gasteiger partial charge in [-0.15, -0.1) is 11.3 Å². The van der Waals surface area contributed by atoms with Gasteiger partial charge in [0.15, 0.2) is 0 Å². The smallest absolute Gasteiger partial charge is 0.116 e. The van der Waals surface area contributed by atoms with Crippen LogP contribution in [0.5, 0.6) is 0 Å². The molecule has 2 heterocycles. The zero-order chi connectivity index (χ0) is 34.1. The van der Waals surface area contributed by atoms with Crippen LogP contribution in [0.25, 0.3) is 64.3 Å². The maximum Gasteiger partial charge on any atom is 0.116 e. The van der Waals surface area contributed by atoms with E-state index in [1.54, 1.807) is 0 Å². The Bertz CT molecular complexity index is 2770. The summed E-state index contributed by atoms with van der Waals surface area (Å²) in [4.78, 5) is 2.52. The third-order valence-corrected chi connectivity index (χ3v) is 15.5. The van der Waals surface area contributed by atoms with Gasteiger partial charge in [-0.25, -0.2) is 0 Å². The molecule has 1 aliphatic heterocycles. The fraction of sp³-hybridized carbons (Fsp3) is 0.0417. The predicted octanol–water partition coefficient (Wildman–Crippen LogP) is 12.8. The summed E-state index contributed by atoms with van der Waals surface area (Å²) in [6, 6.07) is 65.0. The van der Waals surface area contributed by atoms with Crippen LogP contribution in [0.2, 0.25) is 13.1 Å². The standard InChI is InChI=1S/C48H35NSSi/c1-51(2)45-30-29-44-46(40-20-8-9-24-43(40)50-44)47(45)41-22-12-23-42(48(41)51)49(37-18-10-17-35(31-37)32-13-4-3-5-14-32)36-27-25-34(26-28-36)39-21-11-16-33-15-6-7-19-38(33)39/h3-31H,1-2H3. The van der Waals surface area contributed by atoms with Gasteiger partial charge >= 0.3 is 0 Å². The summed E-state index contributed by atoms with van der Waals surface area (Å²) < 4.78 is 2.73. The predicted molar refractivity (Wildman–Crippen MR) is 225 cm³/mol. The van der Waals surface area contributed by atoms with Gasteiger partial charge < -0.3 is 4.90 Å². The highest BCUT2D eigenvalue weighted by molar-refractivity contribution is 7.26. The van der Waals surface area contributed by atoms with Crippen molar-refractivity contribution in [1.29, 1.82) is 0 Å². The summed E-state index contributed by atoms with van der Waals surface area (Å²) in [6.45, 7) is 5.09. The fourth-order valence-corrected chi connectivity index (χ4v) is 13.0. The average molecular weight is 686 g/mol. The van der Waals surface area contributed by atoms with Crippen LogP contribution in [0.3, 0.4) is 0 Å². The van der Waals surface area contributed by atoms with Crippen LogP contribution >= 0.6 is 11.3 Å². The van der Waals surface area contributed by atoms with Gasteiger partial charge in [-0.2, -0.15) is 0 Å². The quantitative estimate of drug-likeness (QED) is 0.163. The number of anilines is 3. The first-order chi connectivity index (χ1) is 25.1. The normalized spacial score (nSPS) is 13.1. The van der Waals surface area contributed by atoms with E-state index in [1.165, 1.54) is 80.4 Å². The Labute approximate surface area is 303 Å². The minimum absolute atomic E-state index is 1.16. The molecule has 0 unspecified atom stereocenters. The van der Waals surface area contributed by atoms with Gasteiger partial charge in [0.25, 0.3) is 0 Å². The van der Waals surface area contributed by atoms with Gasteiger partial charge in [0, 0.05) is 37.2 Å². The van der Waals surface area contributed by atoms with Crippen LogP contribution in [-0.2, 0) is 0 Å². The highest BCUT2D eigenvalue weighted by Crippen LogP contribution is 2.46. The van der Waals surface area contributed by atoms with Gasteiger partial charge in [0.2, 0.25) is 0 Å². The summed E-state index contributed by atoms with van der Waals surface area (Å²) in [5.41, 5.74) is 11.3. The van der Waals surface area contributed by atoms with Crippen LogP contribution in [0.4, 0.5) is 17.1 Å². The molecule has 8 aromatic carbocycles. The molecule has 0 saturated heterocycles. The van der Waals surface area contributed by atoms with Crippen molar-refractivity contribution < 1.29 is 0 Å². The molecule has 0 amide bonds. The number of thiophene rings is 1. The lowest BCUT2D eigenvalue weighted by Crippen LogP contribution is -2.50. The minimum atomic E-state index is -2.14. The Kier molecular flexibility index (Phi) is 6.89. The first kappa shape index (κ1) is 30.1. The molecule has 0 saturated carbocycles. The lowest BCUT2D eigenvalue weighted by Gasteiger charge is -2.31. The number of rotatable bonds is 5. The monoisotopic (exact) mass is 685 g/mol. The zero-order valence-electron chi connectivity index (χ0n) is 28.6. The molecule has 0 aliphatic carbocycles. The summed E-state index contributed by atoms with van der Waals surface area (Å²) in [6.07, 6.45) is 0. The molecule has 0 bridgehead atoms. The molecule has 0 spiro atoms. The average Bonchev–Trinajstić information content (AvgIpc) is 3.68. The van der Waals surface area contributed by atoms with Gasteiger partial charge in [0.05, 0.1) is 0 Å². The van der Waals surface area contributed by atoms with Crippen molar-refractivity contribution in [1.82, 2.24) is 0 Å². The SMILES string of the molecule is C[Si]1(C)c2ccc3sc4ccccc4c3c2-c2cccc(N(c3ccc(-c4cccc5ccccc45)cc3)c3cccc(-c4ccccc4)c3)c21. The van der Waals surface area contributed by atoms with Crippen LogP contribution < -0.4 is 15.3 Å². The first-order valence-electron chi connectivity index (χ1n) is 17.7. The van der Waals surface area contributed by atoms with Crippen LogP contribution in [0, 0.1) is 0 Å². The Balaban J connectivity index is 1.20. The van der Waals surface area contributed by atoms with E-state index in [4.69, 9.17) is 0 Å². The second-order valence-electron chi connectivity index (χ2n) is 14.1. The molecule has 0 N–H and O–H groups in total. The largest absolute Gasteiger partial charge is 0.311 e. The Hall–Kier alpha value is -5.74. The van der Waals surface area contributed by atoms with Crippen LogP contribution in [0.1, 0.15) is 0 Å². The minimum Gasteiger partial charge on any atom is -0.311 e. The molecule has 9 aromatic rings. The first-order valence-corrected chi connectivity index (χ1v) is 21.5. The highest BCUT2D eigenvalue weighted by Gasteiger charge is 2.42. The third-order valence-electron chi connectivity index (χ3n) is 10.8. The molecule has 1 nitrogen and oxygen atoms in total. The summed E-state index contributed by atoms with van der Waals surface area (Å²) in [5, 5.41) is 8.36. The molecular formula is C48H35NSSi. The molecule has 1 aliphatic rings. The van der Waals surface area contributed by atoms with E-state index in [9.17, 15) is 0 Å².